The number of aromatic nitrogens is 2. The van der Waals surface area contributed by atoms with E-state index in [-0.39, 0.29) is 6.42 Å². The van der Waals surface area contributed by atoms with Crippen LogP contribution in [0.15, 0.2) is 6.20 Å². The summed E-state index contributed by atoms with van der Waals surface area (Å²) in [4.78, 5) is 10.5. The normalized spacial score (nSPS) is 16.3. The Hall–Kier alpha value is -1.32. The van der Waals surface area contributed by atoms with E-state index in [4.69, 9.17) is 5.11 Å². The van der Waals surface area contributed by atoms with Gasteiger partial charge in [-0.1, -0.05) is 6.42 Å². The third-order valence-corrected chi connectivity index (χ3v) is 3.06. The highest BCUT2D eigenvalue weighted by molar-refractivity contribution is 5.67. The van der Waals surface area contributed by atoms with Gasteiger partial charge < -0.3 is 5.11 Å². The van der Waals surface area contributed by atoms with Gasteiger partial charge in [-0.2, -0.15) is 5.10 Å². The number of carbonyl (C=O) groups is 1. The second kappa shape index (κ2) is 4.04. The topological polar surface area (TPSA) is 55.1 Å². The van der Waals surface area contributed by atoms with Gasteiger partial charge in [0.05, 0.1) is 12.1 Å². The monoisotopic (exact) mass is 208 g/mol. The van der Waals surface area contributed by atoms with Crippen LogP contribution in [0.1, 0.15) is 42.9 Å². The van der Waals surface area contributed by atoms with Gasteiger partial charge in [0.2, 0.25) is 0 Å². The Morgan fingerprint density at radius 3 is 2.93 bits per heavy atom. The number of carboxylic acids is 1. The summed E-state index contributed by atoms with van der Waals surface area (Å²) in [7, 11) is 1.90. The summed E-state index contributed by atoms with van der Waals surface area (Å²) in [6, 6.07) is 0. The second-order valence-electron chi connectivity index (χ2n) is 4.23. The zero-order valence-corrected chi connectivity index (χ0v) is 8.94. The van der Waals surface area contributed by atoms with Crippen LogP contribution >= 0.6 is 0 Å². The Kier molecular flexibility index (Phi) is 2.75. The van der Waals surface area contributed by atoms with Crippen LogP contribution in [0.25, 0.3) is 0 Å². The van der Waals surface area contributed by atoms with Crippen molar-refractivity contribution in [1.82, 2.24) is 9.78 Å². The van der Waals surface area contributed by atoms with Crippen molar-refractivity contribution in [2.45, 2.75) is 38.0 Å². The Morgan fingerprint density at radius 2 is 2.40 bits per heavy atom. The minimum absolute atomic E-state index is 0.177. The van der Waals surface area contributed by atoms with Gasteiger partial charge in [0, 0.05) is 19.7 Å². The van der Waals surface area contributed by atoms with E-state index in [0.717, 1.165) is 5.69 Å². The SMILES string of the molecule is Cn1cc(C2CCC2)c(CCC(=O)O)n1. The zero-order chi connectivity index (χ0) is 10.8. The van der Waals surface area contributed by atoms with Crippen LogP contribution < -0.4 is 0 Å². The number of rotatable bonds is 4. The first-order chi connectivity index (χ1) is 7.16. The van der Waals surface area contributed by atoms with Crippen LogP contribution in [0.3, 0.4) is 0 Å². The van der Waals surface area contributed by atoms with Crippen molar-refractivity contribution in [3.05, 3.63) is 17.5 Å². The summed E-state index contributed by atoms with van der Waals surface area (Å²) in [6.07, 6.45) is 6.52. The summed E-state index contributed by atoms with van der Waals surface area (Å²) in [5, 5.41) is 13.0. The number of aryl methyl sites for hydroxylation is 2. The lowest BCUT2D eigenvalue weighted by molar-refractivity contribution is -0.136. The smallest absolute Gasteiger partial charge is 0.303 e. The molecule has 2 rings (SSSR count). The standard InChI is InChI=1S/C11H16N2O2/c1-13-7-9(8-3-2-4-8)10(12-13)5-6-11(14)15/h7-8H,2-6H2,1H3,(H,14,15). The molecule has 0 aromatic carbocycles. The second-order valence-corrected chi connectivity index (χ2v) is 4.23. The van der Waals surface area contributed by atoms with Crippen molar-refractivity contribution in [3.8, 4) is 0 Å². The van der Waals surface area contributed by atoms with Gasteiger partial charge in [-0.05, 0) is 24.3 Å². The first-order valence-electron chi connectivity index (χ1n) is 5.41. The van der Waals surface area contributed by atoms with E-state index in [1.165, 1.54) is 24.8 Å². The lowest BCUT2D eigenvalue weighted by Gasteiger charge is -2.25. The molecule has 0 spiro atoms. The molecule has 4 heteroatoms. The summed E-state index contributed by atoms with van der Waals surface area (Å²) < 4.78 is 1.80. The van der Waals surface area contributed by atoms with E-state index in [1.54, 1.807) is 4.68 Å². The van der Waals surface area contributed by atoms with Crippen molar-refractivity contribution in [2.75, 3.05) is 0 Å². The number of aliphatic carboxylic acids is 1. The van der Waals surface area contributed by atoms with E-state index in [2.05, 4.69) is 5.10 Å². The number of hydrogen-bond acceptors (Lipinski definition) is 2. The van der Waals surface area contributed by atoms with Gasteiger partial charge in [-0.15, -0.1) is 0 Å². The summed E-state index contributed by atoms with van der Waals surface area (Å²) >= 11 is 0. The van der Waals surface area contributed by atoms with Crippen molar-refractivity contribution in [1.29, 1.82) is 0 Å². The van der Waals surface area contributed by atoms with E-state index in [1.807, 2.05) is 13.2 Å². The minimum atomic E-state index is -0.750. The van der Waals surface area contributed by atoms with Crippen molar-refractivity contribution < 1.29 is 9.90 Å². The van der Waals surface area contributed by atoms with Crippen LogP contribution in [-0.2, 0) is 18.3 Å². The molecule has 1 fully saturated rings. The van der Waals surface area contributed by atoms with Crippen LogP contribution in [-0.4, -0.2) is 20.9 Å². The average molecular weight is 208 g/mol. The Morgan fingerprint density at radius 1 is 1.67 bits per heavy atom. The molecule has 0 saturated heterocycles. The molecule has 0 bridgehead atoms. The molecule has 0 radical (unpaired) electrons. The molecule has 0 unspecified atom stereocenters. The average Bonchev–Trinajstić information content (AvgIpc) is 2.40. The molecule has 4 nitrogen and oxygen atoms in total. The summed E-state index contributed by atoms with van der Waals surface area (Å²) in [5.74, 6) is -0.122. The van der Waals surface area contributed by atoms with Gasteiger partial charge in [-0.25, -0.2) is 0 Å². The molecule has 1 N–H and O–H groups in total. The van der Waals surface area contributed by atoms with E-state index in [0.29, 0.717) is 12.3 Å². The molecular formula is C11H16N2O2. The highest BCUT2D eigenvalue weighted by atomic mass is 16.4. The van der Waals surface area contributed by atoms with Crippen molar-refractivity contribution in [2.24, 2.45) is 7.05 Å². The van der Waals surface area contributed by atoms with Crippen LogP contribution in [0.5, 0.6) is 0 Å². The lowest BCUT2D eigenvalue weighted by atomic mass is 9.80. The van der Waals surface area contributed by atoms with E-state index in [9.17, 15) is 4.79 Å². The fourth-order valence-corrected chi connectivity index (χ4v) is 2.03. The van der Waals surface area contributed by atoms with E-state index >= 15 is 0 Å². The molecule has 0 aliphatic heterocycles. The molecule has 1 aliphatic rings. The molecule has 15 heavy (non-hydrogen) atoms. The molecule has 82 valence electrons. The first kappa shape index (κ1) is 10.2. The van der Waals surface area contributed by atoms with Gasteiger partial charge >= 0.3 is 5.97 Å². The van der Waals surface area contributed by atoms with Gasteiger partial charge in [0.15, 0.2) is 0 Å². The molecule has 1 aliphatic carbocycles. The van der Waals surface area contributed by atoms with Crippen LogP contribution in [0, 0.1) is 0 Å². The van der Waals surface area contributed by atoms with Crippen molar-refractivity contribution in [3.63, 3.8) is 0 Å². The van der Waals surface area contributed by atoms with Crippen LogP contribution in [0.4, 0.5) is 0 Å². The third kappa shape index (κ3) is 2.19. The molecule has 0 atom stereocenters. The predicted molar refractivity (Wildman–Crippen MR) is 55.8 cm³/mol. The molecular weight excluding hydrogens is 192 g/mol. The molecule has 1 aromatic rings. The number of nitrogens with zero attached hydrogens (tertiary/aromatic N) is 2. The lowest BCUT2D eigenvalue weighted by Crippen LogP contribution is -2.10. The third-order valence-electron chi connectivity index (χ3n) is 3.06. The largest absolute Gasteiger partial charge is 0.481 e. The van der Waals surface area contributed by atoms with Gasteiger partial charge in [-0.3, -0.25) is 9.48 Å². The number of hydrogen-bond donors (Lipinski definition) is 1. The maximum Gasteiger partial charge on any atom is 0.303 e. The molecule has 0 amide bonds. The molecule has 1 heterocycles. The Labute approximate surface area is 88.9 Å². The summed E-state index contributed by atoms with van der Waals surface area (Å²) in [5.41, 5.74) is 2.24. The fraction of sp³-hybridized carbons (Fsp3) is 0.636. The van der Waals surface area contributed by atoms with Gasteiger partial charge in [0.25, 0.3) is 0 Å². The highest BCUT2D eigenvalue weighted by Crippen LogP contribution is 2.37. The highest BCUT2D eigenvalue weighted by Gasteiger charge is 2.24. The Balaban J connectivity index is 2.10. The molecule has 1 saturated carbocycles. The maximum absolute atomic E-state index is 10.5. The predicted octanol–water partition coefficient (Wildman–Crippen LogP) is 1.70. The number of carboxylic acid groups (broad SMARTS) is 1. The first-order valence-corrected chi connectivity index (χ1v) is 5.41. The van der Waals surface area contributed by atoms with E-state index < -0.39 is 5.97 Å². The Bertz CT molecular complexity index is 367. The van der Waals surface area contributed by atoms with Crippen LogP contribution in [0.2, 0.25) is 0 Å². The van der Waals surface area contributed by atoms with Gasteiger partial charge in [0.1, 0.15) is 0 Å². The quantitative estimate of drug-likeness (QED) is 0.819. The maximum atomic E-state index is 10.5. The zero-order valence-electron chi connectivity index (χ0n) is 8.94. The minimum Gasteiger partial charge on any atom is -0.481 e. The molecule has 1 aromatic heterocycles. The summed E-state index contributed by atoms with van der Waals surface area (Å²) in [6.45, 7) is 0. The fourth-order valence-electron chi connectivity index (χ4n) is 2.03. The van der Waals surface area contributed by atoms with Crippen molar-refractivity contribution >= 4 is 5.97 Å².